The van der Waals surface area contributed by atoms with Crippen molar-refractivity contribution in [2.24, 2.45) is 0 Å². The van der Waals surface area contributed by atoms with Gasteiger partial charge < -0.3 is 5.11 Å². The minimum Gasteiger partial charge on any atom is -0.388 e. The summed E-state index contributed by atoms with van der Waals surface area (Å²) >= 11 is 3.11. The Labute approximate surface area is 116 Å². The molecule has 0 aromatic heterocycles. The highest BCUT2D eigenvalue weighted by atomic mass is 79.9. The highest BCUT2D eigenvalue weighted by Crippen LogP contribution is 2.28. The molecule has 1 nitrogen and oxygen atoms in total. The van der Waals surface area contributed by atoms with Crippen molar-refractivity contribution in [1.82, 2.24) is 0 Å². The van der Waals surface area contributed by atoms with Gasteiger partial charge in [0.25, 0.3) is 0 Å². The second-order valence-corrected chi connectivity index (χ2v) is 4.94. The van der Waals surface area contributed by atoms with Crippen LogP contribution in [-0.4, -0.2) is 5.11 Å². The van der Waals surface area contributed by atoms with Crippen LogP contribution in [-0.2, 0) is 6.42 Å². The van der Waals surface area contributed by atoms with Crippen LogP contribution < -0.4 is 0 Å². The smallest absolute Gasteiger partial charge is 0.129 e. The third-order valence-corrected chi connectivity index (χ3v) is 3.47. The molecule has 0 saturated carbocycles. The molecule has 2 aromatic carbocycles. The zero-order chi connectivity index (χ0) is 14.0. The monoisotopic (exact) mass is 330 g/mol. The van der Waals surface area contributed by atoms with E-state index >= 15 is 0 Å². The maximum atomic E-state index is 13.5. The zero-order valence-electron chi connectivity index (χ0n) is 9.71. The molecular formula is C14H10BrF3O. The van der Waals surface area contributed by atoms with Gasteiger partial charge in [-0.2, -0.15) is 0 Å². The Morgan fingerprint density at radius 3 is 2.26 bits per heavy atom. The summed E-state index contributed by atoms with van der Waals surface area (Å²) in [5, 5.41) is 10.0. The topological polar surface area (TPSA) is 20.2 Å². The molecule has 1 atom stereocenters. The molecule has 1 unspecified atom stereocenters. The first-order valence-electron chi connectivity index (χ1n) is 5.55. The average molecular weight is 331 g/mol. The van der Waals surface area contributed by atoms with Crippen LogP contribution in [0.2, 0.25) is 0 Å². The quantitative estimate of drug-likeness (QED) is 0.896. The van der Waals surface area contributed by atoms with Crippen molar-refractivity contribution in [2.75, 3.05) is 0 Å². The van der Waals surface area contributed by atoms with Crippen molar-refractivity contribution >= 4 is 15.9 Å². The Kier molecular flexibility index (Phi) is 4.27. The Morgan fingerprint density at radius 2 is 1.68 bits per heavy atom. The van der Waals surface area contributed by atoms with Crippen LogP contribution in [0, 0.1) is 17.5 Å². The normalized spacial score (nSPS) is 12.5. The lowest BCUT2D eigenvalue weighted by molar-refractivity contribution is 0.174. The average Bonchev–Trinajstić information content (AvgIpc) is 2.33. The van der Waals surface area contributed by atoms with Crippen molar-refractivity contribution in [3.05, 3.63) is 69.4 Å². The summed E-state index contributed by atoms with van der Waals surface area (Å²) in [4.78, 5) is 0. The molecule has 0 bridgehead atoms. The van der Waals surface area contributed by atoms with Gasteiger partial charge in [-0.25, -0.2) is 13.2 Å². The molecule has 0 saturated heterocycles. The van der Waals surface area contributed by atoms with Gasteiger partial charge >= 0.3 is 0 Å². The highest BCUT2D eigenvalue weighted by Gasteiger charge is 2.17. The van der Waals surface area contributed by atoms with Gasteiger partial charge in [0.05, 0.1) is 6.10 Å². The van der Waals surface area contributed by atoms with E-state index < -0.39 is 23.6 Å². The van der Waals surface area contributed by atoms with Crippen LogP contribution in [0.1, 0.15) is 17.2 Å². The fourth-order valence-electron chi connectivity index (χ4n) is 1.80. The van der Waals surface area contributed by atoms with Gasteiger partial charge in [0, 0.05) is 16.5 Å². The van der Waals surface area contributed by atoms with Crippen molar-refractivity contribution in [2.45, 2.75) is 12.5 Å². The van der Waals surface area contributed by atoms with Crippen LogP contribution in [0.4, 0.5) is 13.2 Å². The van der Waals surface area contributed by atoms with Crippen molar-refractivity contribution in [1.29, 1.82) is 0 Å². The Hall–Kier alpha value is -1.33. The summed E-state index contributed by atoms with van der Waals surface area (Å²) in [6.45, 7) is 0. The molecule has 100 valence electrons. The van der Waals surface area contributed by atoms with Crippen LogP contribution >= 0.6 is 15.9 Å². The van der Waals surface area contributed by atoms with E-state index in [4.69, 9.17) is 0 Å². The molecular weight excluding hydrogens is 321 g/mol. The standard InChI is InChI=1S/C14H10BrF3O/c15-11-6-8(16)4-5-9(11)14(19)7-10-12(17)2-1-3-13(10)18/h1-6,14,19H,7H2. The summed E-state index contributed by atoms with van der Waals surface area (Å²) in [6, 6.07) is 7.27. The molecule has 1 N–H and O–H groups in total. The van der Waals surface area contributed by atoms with Crippen LogP contribution in [0.15, 0.2) is 40.9 Å². The van der Waals surface area contributed by atoms with Crippen LogP contribution in [0.3, 0.4) is 0 Å². The van der Waals surface area contributed by atoms with E-state index in [0.717, 1.165) is 12.1 Å². The van der Waals surface area contributed by atoms with E-state index in [-0.39, 0.29) is 12.0 Å². The first-order valence-corrected chi connectivity index (χ1v) is 6.34. The maximum absolute atomic E-state index is 13.5. The van der Waals surface area contributed by atoms with Gasteiger partial charge in [-0.15, -0.1) is 0 Å². The number of aliphatic hydroxyl groups is 1. The third kappa shape index (κ3) is 3.16. The Bertz CT molecular complexity index is 581. The fraction of sp³-hybridized carbons (Fsp3) is 0.143. The maximum Gasteiger partial charge on any atom is 0.129 e. The van der Waals surface area contributed by atoms with Crippen LogP contribution in [0.25, 0.3) is 0 Å². The number of hydrogen-bond acceptors (Lipinski definition) is 1. The molecule has 0 heterocycles. The lowest BCUT2D eigenvalue weighted by Gasteiger charge is -2.14. The van der Waals surface area contributed by atoms with E-state index in [0.29, 0.717) is 10.0 Å². The fourth-order valence-corrected chi connectivity index (χ4v) is 2.42. The van der Waals surface area contributed by atoms with Gasteiger partial charge in [0.1, 0.15) is 17.5 Å². The first-order chi connectivity index (χ1) is 8.99. The Morgan fingerprint density at radius 1 is 1.05 bits per heavy atom. The van der Waals surface area contributed by atoms with E-state index in [1.165, 1.54) is 24.3 Å². The number of halogens is 4. The Balaban J connectivity index is 2.28. The van der Waals surface area contributed by atoms with Gasteiger partial charge in [0.15, 0.2) is 0 Å². The number of benzene rings is 2. The molecule has 0 amide bonds. The molecule has 0 fully saturated rings. The molecule has 0 spiro atoms. The minimum atomic E-state index is -1.12. The molecule has 0 aliphatic rings. The minimum absolute atomic E-state index is 0.189. The second-order valence-electron chi connectivity index (χ2n) is 4.09. The van der Waals surface area contributed by atoms with Crippen molar-refractivity contribution in [3.63, 3.8) is 0 Å². The number of rotatable bonds is 3. The van der Waals surface area contributed by atoms with E-state index in [1.807, 2.05) is 0 Å². The van der Waals surface area contributed by atoms with Crippen molar-refractivity contribution in [3.8, 4) is 0 Å². The summed E-state index contributed by atoms with van der Waals surface area (Å²) in [5.74, 6) is -1.88. The molecule has 2 aromatic rings. The molecule has 0 aliphatic heterocycles. The third-order valence-electron chi connectivity index (χ3n) is 2.78. The lowest BCUT2D eigenvalue weighted by Crippen LogP contribution is -2.06. The highest BCUT2D eigenvalue weighted by molar-refractivity contribution is 9.10. The predicted molar refractivity (Wildman–Crippen MR) is 69.1 cm³/mol. The molecule has 2 rings (SSSR count). The second kappa shape index (κ2) is 5.75. The summed E-state index contributed by atoms with van der Waals surface area (Å²) in [5.41, 5.74) is 0.190. The van der Waals surface area contributed by atoms with E-state index in [2.05, 4.69) is 15.9 Å². The molecule has 0 radical (unpaired) electrons. The lowest BCUT2D eigenvalue weighted by atomic mass is 10.0. The van der Waals surface area contributed by atoms with Gasteiger partial charge in [-0.05, 0) is 29.8 Å². The number of hydrogen-bond donors (Lipinski definition) is 1. The molecule has 0 aliphatic carbocycles. The summed E-state index contributed by atoms with van der Waals surface area (Å²) in [6.07, 6.45) is -1.34. The van der Waals surface area contributed by atoms with Gasteiger partial charge in [0.2, 0.25) is 0 Å². The van der Waals surface area contributed by atoms with Gasteiger partial charge in [-0.3, -0.25) is 0 Å². The summed E-state index contributed by atoms with van der Waals surface area (Å²) in [7, 11) is 0. The molecule has 5 heteroatoms. The first kappa shape index (κ1) is 14.1. The van der Waals surface area contributed by atoms with Gasteiger partial charge in [-0.1, -0.05) is 28.1 Å². The molecule has 19 heavy (non-hydrogen) atoms. The van der Waals surface area contributed by atoms with Crippen LogP contribution in [0.5, 0.6) is 0 Å². The number of aliphatic hydroxyl groups excluding tert-OH is 1. The largest absolute Gasteiger partial charge is 0.388 e. The zero-order valence-corrected chi connectivity index (χ0v) is 11.3. The van der Waals surface area contributed by atoms with Crippen molar-refractivity contribution < 1.29 is 18.3 Å². The van der Waals surface area contributed by atoms with E-state index in [9.17, 15) is 18.3 Å². The van der Waals surface area contributed by atoms with E-state index in [1.54, 1.807) is 0 Å². The SMILES string of the molecule is OC(Cc1c(F)cccc1F)c1ccc(F)cc1Br. The summed E-state index contributed by atoms with van der Waals surface area (Å²) < 4.78 is 40.2. The predicted octanol–water partition coefficient (Wildman–Crippen LogP) is 4.14.